The fraction of sp³-hybridized carbons (Fsp3) is 0.364. The summed E-state index contributed by atoms with van der Waals surface area (Å²) in [5.41, 5.74) is 8.67. The molecule has 3 saturated heterocycles. The third-order valence-electron chi connectivity index (χ3n) is 25.5. The van der Waals surface area contributed by atoms with E-state index >= 15 is 9.59 Å². The number of aliphatic hydroxyl groups is 1. The van der Waals surface area contributed by atoms with Crippen LogP contribution in [-0.4, -0.2) is 162 Å². The van der Waals surface area contributed by atoms with Gasteiger partial charge in [0.05, 0.1) is 54.2 Å². The molecular formula is C110H136N6O17P2Si2. The number of aliphatic hydroxyl groups excluding tert-OH is 1. The molecule has 5 amide bonds. The molecule has 27 heteroatoms. The molecule has 0 bridgehead atoms. The number of β-lactam (4-membered cyclic amide) rings is 3. The summed E-state index contributed by atoms with van der Waals surface area (Å²) >= 11 is 0. The van der Waals surface area contributed by atoms with Crippen molar-refractivity contribution in [1.82, 2.24) is 25.8 Å². The van der Waals surface area contributed by atoms with Crippen molar-refractivity contribution in [1.29, 1.82) is 0 Å². The van der Waals surface area contributed by atoms with Gasteiger partial charge < -0.3 is 64.4 Å². The number of likely N-dealkylation sites (tertiary alicyclic amines) is 2. The van der Waals surface area contributed by atoms with Gasteiger partial charge in [0.25, 0.3) is 0 Å². The van der Waals surface area contributed by atoms with Crippen molar-refractivity contribution >= 4 is 132 Å². The monoisotopic (exact) mass is 1930 g/mol. The Balaban J connectivity index is 0.000000221. The van der Waals surface area contributed by atoms with Gasteiger partial charge in [-0.25, -0.2) is 19.2 Å². The van der Waals surface area contributed by atoms with E-state index in [1.54, 1.807) is 101 Å². The summed E-state index contributed by atoms with van der Waals surface area (Å²) < 4.78 is 35.7. The van der Waals surface area contributed by atoms with Gasteiger partial charge >= 0.3 is 24.1 Å². The second-order valence-electron chi connectivity index (χ2n) is 39.8. The molecule has 3 aliphatic heterocycles. The van der Waals surface area contributed by atoms with E-state index in [-0.39, 0.29) is 120 Å². The lowest BCUT2D eigenvalue weighted by molar-refractivity contribution is -0.157. The number of nitrogens with one attached hydrogen (secondary N) is 3. The van der Waals surface area contributed by atoms with Gasteiger partial charge in [-0.2, -0.15) is 0 Å². The topological polar surface area (TPSA) is 315 Å². The Bertz CT molecular complexity index is 5710. The molecule has 0 saturated carbocycles. The van der Waals surface area contributed by atoms with Crippen LogP contribution in [-0.2, 0) is 71.4 Å². The van der Waals surface area contributed by atoms with Crippen LogP contribution in [0.5, 0.6) is 0 Å². The van der Waals surface area contributed by atoms with Crippen molar-refractivity contribution in [2.24, 2.45) is 23.5 Å². The number of alkyl carbamates (subject to hydrolysis) is 2. The highest BCUT2D eigenvalue weighted by molar-refractivity contribution is 7.97. The molecule has 6 N–H and O–H groups in total. The summed E-state index contributed by atoms with van der Waals surface area (Å²) in [5.74, 6) is -4.60. The number of rotatable bonds is 35. The van der Waals surface area contributed by atoms with Crippen molar-refractivity contribution in [3.05, 3.63) is 313 Å². The van der Waals surface area contributed by atoms with E-state index in [9.17, 15) is 43.5 Å². The van der Waals surface area contributed by atoms with Crippen LogP contribution in [0.1, 0.15) is 171 Å². The molecular weight excluding hydrogens is 1800 g/mol. The molecule has 0 radical (unpaired) electrons. The number of hydrogen-bond donors (Lipinski definition) is 5. The molecule has 9 aromatic rings. The van der Waals surface area contributed by atoms with Crippen molar-refractivity contribution in [3.63, 3.8) is 0 Å². The number of benzene rings is 9. The number of Topliss-reactive ketones (excluding diaryl/α,β-unsaturated/α-hetero) is 3. The average Bonchev–Trinajstić information content (AvgIpc) is 0.703. The van der Waals surface area contributed by atoms with Gasteiger partial charge in [0.1, 0.15) is 35.3 Å². The predicted octanol–water partition coefficient (Wildman–Crippen LogP) is 17.0. The first-order chi connectivity index (χ1) is 64.6. The smallest absolute Gasteiger partial charge is 0.407 e. The van der Waals surface area contributed by atoms with Gasteiger partial charge in [-0.15, -0.1) is 0 Å². The van der Waals surface area contributed by atoms with Crippen molar-refractivity contribution < 1.29 is 80.9 Å². The lowest BCUT2D eigenvalue weighted by Gasteiger charge is -2.53. The number of ketones is 3. The Hall–Kier alpha value is -11.8. The van der Waals surface area contributed by atoms with Crippen molar-refractivity contribution in [2.45, 2.75) is 227 Å². The molecule has 0 unspecified atom stereocenters. The molecule has 0 aliphatic carbocycles. The van der Waals surface area contributed by atoms with Crippen LogP contribution in [0.2, 0.25) is 36.3 Å². The van der Waals surface area contributed by atoms with E-state index in [4.69, 9.17) is 33.5 Å². The summed E-state index contributed by atoms with van der Waals surface area (Å²) in [5, 5.41) is 24.1. The number of ether oxygens (including phenoxy) is 4. The Morgan fingerprint density at radius 3 is 1.01 bits per heavy atom. The molecule has 3 heterocycles. The van der Waals surface area contributed by atoms with Crippen molar-refractivity contribution in [3.8, 4) is 0 Å². The molecule has 12 rings (SSSR count). The lowest BCUT2D eigenvalue weighted by atomic mass is 9.79. The molecule has 9 atom stereocenters. The van der Waals surface area contributed by atoms with Gasteiger partial charge in [-0.1, -0.05) is 303 Å². The first kappa shape index (κ1) is 107. The highest BCUT2D eigenvalue weighted by atomic mass is 31.2. The minimum atomic E-state index is -3.22. The maximum absolute atomic E-state index is 15.2. The van der Waals surface area contributed by atoms with E-state index < -0.39 is 108 Å². The van der Waals surface area contributed by atoms with Gasteiger partial charge in [0.2, 0.25) is 17.7 Å². The summed E-state index contributed by atoms with van der Waals surface area (Å²) in [4.78, 5) is 140. The second kappa shape index (κ2) is 46.1. The molecule has 726 valence electrons. The summed E-state index contributed by atoms with van der Waals surface area (Å²) in [6, 6.07) is 77.8. The molecule has 0 aromatic heterocycles. The quantitative estimate of drug-likeness (QED) is 0.00469. The maximum Gasteiger partial charge on any atom is 0.407 e. The first-order valence-electron chi connectivity index (χ1n) is 46.6. The fourth-order valence-electron chi connectivity index (χ4n) is 17.0. The normalized spacial score (nSPS) is 17.3. The second-order valence-corrected chi connectivity index (χ2v) is 56.0. The number of carbonyl (C=O) groups is 10. The Kier molecular flexibility index (Phi) is 36.1. The zero-order valence-electron chi connectivity index (χ0n) is 82.5. The number of nitrogens with two attached hydrogens (primary N) is 1. The number of esters is 2. The van der Waals surface area contributed by atoms with Crippen LogP contribution in [0.3, 0.4) is 0 Å². The number of nitrogens with zero attached hydrogens (tertiary/aromatic N) is 2. The third kappa shape index (κ3) is 25.8. The molecule has 3 aliphatic rings. The van der Waals surface area contributed by atoms with Gasteiger partial charge in [-0.05, 0) is 165 Å². The SMILES string of the molecule is C=CCOC(=O)C(N1C(=O)[C@H]([C@@H](C)O)[C@H]1CC(=O)c1cccc(CN)c1)=P(c1ccccc1)(c1ccccc1)c1ccccc1.C=CCOC(=O)C(N1C(=O)[C@H]([C@@H](C)O[Si](C)(C)C(C)(C)C)[C@H]1CC(=O)c1cccc(CNC(=O)OC(C)(C)C)c1)=P(c1ccccc1)(c1ccccc1)c1ccccc1.C[C@@H](O[Si](C)(C)C(C)(C)C)[C@H]1C(=O)N[C@@H]1CC(=O)c1cccc(CNC(=O)OC(C)(C)C)c1. The molecule has 9 aromatic carbocycles. The summed E-state index contributed by atoms with van der Waals surface area (Å²) in [7, 11) is -4.43. The van der Waals surface area contributed by atoms with E-state index in [0.29, 0.717) is 22.3 Å². The third-order valence-corrected chi connectivity index (χ3v) is 43.2. The lowest BCUT2D eigenvalue weighted by Crippen LogP contribution is -2.69. The zero-order valence-corrected chi connectivity index (χ0v) is 86.3. The Labute approximate surface area is 810 Å². The van der Waals surface area contributed by atoms with Crippen LogP contribution in [0.25, 0.3) is 0 Å². The minimum absolute atomic E-state index is 0.0422. The van der Waals surface area contributed by atoms with Crippen LogP contribution in [0.15, 0.2) is 280 Å². The van der Waals surface area contributed by atoms with Gasteiger partial charge in [0, 0.05) is 69.4 Å². The average molecular weight is 1930 g/mol. The minimum Gasteiger partial charge on any atom is -0.457 e. The highest BCUT2D eigenvalue weighted by Crippen LogP contribution is 2.53. The maximum atomic E-state index is 15.2. The molecule has 3 fully saturated rings. The summed E-state index contributed by atoms with van der Waals surface area (Å²) in [6.07, 6.45) is 0.0604. The Morgan fingerprint density at radius 1 is 0.431 bits per heavy atom. The predicted molar refractivity (Wildman–Crippen MR) is 554 cm³/mol. The zero-order chi connectivity index (χ0) is 100. The van der Waals surface area contributed by atoms with Crippen LogP contribution in [0.4, 0.5) is 9.59 Å². The van der Waals surface area contributed by atoms with Crippen LogP contribution >= 0.6 is 13.8 Å². The standard InChI is InChI=1S/C48H59N2O7PSi.C37H37N2O5P.C25H40N2O5Si/c1-11-30-55-45(53)44(58(37-24-15-12-16-25-37,38-26-17-13-18-27-38)39-28-19-14-20-29-39)50-40(42(43(50)52)34(2)57-59(9,10)48(6,7)8)32-41(51)36-23-21-22-35(31-36)33-49-46(54)56-47(3,4)5;1-3-22-44-37(43)36(39-32(34(26(2)40)35(39)42)24-33(41)28-15-13-14-27(23-28)25-38)45(29-16-7-4-8-17-29,30-18-9-5-10-19-30)31-20-11-6-12-21-31;1-16(32-33(8,9)25(5,6)7)21-19(27-22(21)29)14-20(28)18-12-10-11-17(13-18)15-26-23(30)31-24(2,3)4/h11-29,31,34,40,42H,1,30,32-33H2,2-10H3,(H,49,54);3-21,23,26,32,34,40H,1,22,24-25,38H2,2H3;10-13,16,19,21H,14-15H2,1-9H3,(H,26,30)(H,27,29)/t34-,40-,42-;26-,32-,34-;16-,19-,21-/m111/s1. The first-order valence-corrected chi connectivity index (χ1v) is 56.0. The van der Waals surface area contributed by atoms with Crippen LogP contribution < -0.4 is 53.5 Å². The van der Waals surface area contributed by atoms with Gasteiger partial charge in [-0.3, -0.25) is 28.8 Å². The van der Waals surface area contributed by atoms with E-state index in [2.05, 4.69) is 96.8 Å². The molecule has 23 nitrogen and oxygen atoms in total. The molecule has 0 spiro atoms. The van der Waals surface area contributed by atoms with Crippen LogP contribution in [0, 0.1) is 17.8 Å². The van der Waals surface area contributed by atoms with E-state index in [1.807, 2.05) is 214 Å². The highest BCUT2D eigenvalue weighted by Gasteiger charge is 2.59. The fourth-order valence-corrected chi connectivity index (χ4v) is 28.6. The number of carbonyl (C=O) groups excluding carboxylic acids is 10. The largest absolute Gasteiger partial charge is 0.457 e. The van der Waals surface area contributed by atoms with E-state index in [0.717, 1.165) is 43.0 Å². The van der Waals surface area contributed by atoms with Gasteiger partial charge in [0.15, 0.2) is 34.0 Å². The summed E-state index contributed by atoms with van der Waals surface area (Å²) in [6.45, 7) is 39.4. The van der Waals surface area contributed by atoms with Crippen molar-refractivity contribution in [2.75, 3.05) is 13.2 Å². The number of hydrogen-bond acceptors (Lipinski definition) is 18. The Morgan fingerprint density at radius 2 is 0.723 bits per heavy atom. The molecule has 137 heavy (non-hydrogen) atoms. The van der Waals surface area contributed by atoms with E-state index in [1.165, 1.54) is 24.0 Å². The number of amides is 5.